The van der Waals surface area contributed by atoms with Crippen LogP contribution in [-0.4, -0.2) is 19.7 Å². The summed E-state index contributed by atoms with van der Waals surface area (Å²) in [6.07, 6.45) is 1.86. The molecule has 0 spiro atoms. The Morgan fingerprint density at radius 3 is 2.95 bits per heavy atom. The second-order valence-corrected chi connectivity index (χ2v) is 5.65. The number of nitrogens with zero attached hydrogens (tertiary/aromatic N) is 3. The molecule has 0 saturated heterocycles. The maximum absolute atomic E-state index is 14.0. The summed E-state index contributed by atoms with van der Waals surface area (Å²) in [6.45, 7) is 0. The molecule has 1 saturated carbocycles. The van der Waals surface area contributed by atoms with E-state index in [1.54, 1.807) is 4.57 Å². The summed E-state index contributed by atoms with van der Waals surface area (Å²) < 4.78 is 15.5. The van der Waals surface area contributed by atoms with E-state index in [1.807, 2.05) is 0 Å². The van der Waals surface area contributed by atoms with Crippen molar-refractivity contribution in [1.29, 1.82) is 0 Å². The lowest BCUT2D eigenvalue weighted by atomic mass is 10.2. The Hall–Kier alpha value is -2.16. The molecule has 1 aromatic carbocycles. The van der Waals surface area contributed by atoms with Gasteiger partial charge in [-0.3, -0.25) is 14.7 Å². The maximum Gasteiger partial charge on any atom is 0.344 e. The lowest BCUT2D eigenvalue weighted by Crippen LogP contribution is -2.16. The molecule has 9 heteroatoms. The zero-order valence-corrected chi connectivity index (χ0v) is 11.6. The van der Waals surface area contributed by atoms with Crippen molar-refractivity contribution in [1.82, 2.24) is 14.8 Å². The molecule has 21 heavy (non-hydrogen) atoms. The number of rotatable bonds is 5. The molecule has 0 atom stereocenters. The van der Waals surface area contributed by atoms with Gasteiger partial charge in [0, 0.05) is 23.4 Å². The molecule has 0 bridgehead atoms. The Bertz CT molecular complexity index is 753. The highest BCUT2D eigenvalue weighted by atomic mass is 32.2. The van der Waals surface area contributed by atoms with E-state index in [-0.39, 0.29) is 23.0 Å². The number of nitro groups is 1. The van der Waals surface area contributed by atoms with Crippen LogP contribution in [0, 0.1) is 15.9 Å². The van der Waals surface area contributed by atoms with Crippen LogP contribution in [0.25, 0.3) is 0 Å². The van der Waals surface area contributed by atoms with Gasteiger partial charge in [-0.25, -0.2) is 9.89 Å². The van der Waals surface area contributed by atoms with Crippen molar-refractivity contribution in [2.24, 2.45) is 0 Å². The summed E-state index contributed by atoms with van der Waals surface area (Å²) in [6, 6.07) is 4.21. The van der Waals surface area contributed by atoms with Crippen LogP contribution >= 0.6 is 11.8 Å². The van der Waals surface area contributed by atoms with E-state index in [0.29, 0.717) is 5.16 Å². The molecule has 0 amide bonds. The van der Waals surface area contributed by atoms with E-state index in [4.69, 9.17) is 0 Å². The summed E-state index contributed by atoms with van der Waals surface area (Å²) in [5, 5.41) is 17.5. The van der Waals surface area contributed by atoms with Crippen LogP contribution in [0.1, 0.15) is 24.4 Å². The monoisotopic (exact) mass is 310 g/mol. The van der Waals surface area contributed by atoms with Crippen LogP contribution in [0.4, 0.5) is 10.1 Å². The molecule has 3 rings (SSSR count). The number of nitrogens with one attached hydrogen (secondary N) is 1. The van der Waals surface area contributed by atoms with Crippen LogP contribution in [0.2, 0.25) is 0 Å². The molecule has 1 heterocycles. The van der Waals surface area contributed by atoms with Gasteiger partial charge in [0.05, 0.1) is 4.92 Å². The van der Waals surface area contributed by atoms with Gasteiger partial charge in [0.25, 0.3) is 0 Å². The molecule has 1 fully saturated rings. The second-order valence-electron chi connectivity index (χ2n) is 4.71. The molecular formula is C12H11FN4O3S. The number of H-pyrrole nitrogens is 1. The summed E-state index contributed by atoms with van der Waals surface area (Å²) in [5.41, 5.74) is -0.610. The minimum absolute atomic E-state index is 0.161. The third-order valence-corrected chi connectivity index (χ3v) is 4.20. The van der Waals surface area contributed by atoms with Gasteiger partial charge < -0.3 is 0 Å². The second kappa shape index (κ2) is 5.32. The molecule has 1 aliphatic rings. The van der Waals surface area contributed by atoms with Crippen molar-refractivity contribution in [2.75, 3.05) is 0 Å². The van der Waals surface area contributed by atoms with E-state index >= 15 is 0 Å². The molecule has 1 N–H and O–H groups in total. The van der Waals surface area contributed by atoms with Crippen molar-refractivity contribution in [3.8, 4) is 0 Å². The summed E-state index contributed by atoms with van der Waals surface area (Å²) in [5.74, 6) is -0.671. The van der Waals surface area contributed by atoms with Gasteiger partial charge in [-0.15, -0.1) is 5.10 Å². The first-order valence-corrected chi connectivity index (χ1v) is 7.28. The van der Waals surface area contributed by atoms with Crippen molar-refractivity contribution in [2.45, 2.75) is 29.8 Å². The molecule has 0 unspecified atom stereocenters. The third-order valence-electron chi connectivity index (χ3n) is 3.20. The number of hydrogen-bond acceptors (Lipinski definition) is 5. The Balaban J connectivity index is 1.81. The highest BCUT2D eigenvalue weighted by Crippen LogP contribution is 2.36. The van der Waals surface area contributed by atoms with Gasteiger partial charge in [0.1, 0.15) is 0 Å². The molecule has 1 aliphatic carbocycles. The first-order chi connectivity index (χ1) is 10.1. The number of benzene rings is 1. The van der Waals surface area contributed by atoms with Crippen LogP contribution in [0.3, 0.4) is 0 Å². The fourth-order valence-electron chi connectivity index (χ4n) is 2.01. The van der Waals surface area contributed by atoms with Gasteiger partial charge in [0.15, 0.2) is 5.16 Å². The lowest BCUT2D eigenvalue weighted by Gasteiger charge is -2.04. The number of aromatic nitrogens is 3. The fourth-order valence-corrected chi connectivity index (χ4v) is 3.00. The van der Waals surface area contributed by atoms with E-state index in [1.165, 1.54) is 23.9 Å². The standard InChI is InChI=1S/C12H11FN4O3S/c13-10-7(2-1-3-9(10)17(19)20)6-21-12-15-14-11(18)16(12)8-4-5-8/h1-3,8H,4-6H2,(H,14,18). The summed E-state index contributed by atoms with van der Waals surface area (Å²) >= 11 is 1.18. The van der Waals surface area contributed by atoms with Crippen LogP contribution in [0.5, 0.6) is 0 Å². The SMILES string of the molecule is O=c1[nH]nc(SCc2cccc([N+](=O)[O-])c2F)n1C1CC1. The molecule has 1 aromatic heterocycles. The topological polar surface area (TPSA) is 93.8 Å². The van der Waals surface area contributed by atoms with Gasteiger partial charge in [-0.2, -0.15) is 4.39 Å². The van der Waals surface area contributed by atoms with E-state index in [0.717, 1.165) is 18.9 Å². The number of aromatic amines is 1. The van der Waals surface area contributed by atoms with Gasteiger partial charge in [0.2, 0.25) is 5.82 Å². The van der Waals surface area contributed by atoms with Crippen molar-refractivity contribution in [3.05, 3.63) is 50.2 Å². The first kappa shape index (κ1) is 13.8. The van der Waals surface area contributed by atoms with E-state index in [2.05, 4.69) is 10.2 Å². The van der Waals surface area contributed by atoms with Gasteiger partial charge in [-0.1, -0.05) is 23.9 Å². The Kier molecular flexibility index (Phi) is 3.50. The normalized spacial score (nSPS) is 14.3. The zero-order chi connectivity index (χ0) is 15.0. The van der Waals surface area contributed by atoms with E-state index in [9.17, 15) is 19.3 Å². The Morgan fingerprint density at radius 1 is 1.52 bits per heavy atom. The fraction of sp³-hybridized carbons (Fsp3) is 0.333. The maximum atomic E-state index is 14.0. The molecule has 0 radical (unpaired) electrons. The molecule has 0 aliphatic heterocycles. The third kappa shape index (κ3) is 2.68. The van der Waals surface area contributed by atoms with Crippen molar-refractivity contribution in [3.63, 3.8) is 0 Å². The summed E-state index contributed by atoms with van der Waals surface area (Å²) in [7, 11) is 0. The van der Waals surface area contributed by atoms with Crippen molar-refractivity contribution >= 4 is 17.4 Å². The van der Waals surface area contributed by atoms with Crippen LogP contribution in [-0.2, 0) is 5.75 Å². The minimum Gasteiger partial charge on any atom is -0.267 e. The molecule has 110 valence electrons. The van der Waals surface area contributed by atoms with Crippen molar-refractivity contribution < 1.29 is 9.31 Å². The molecule has 7 nitrogen and oxygen atoms in total. The largest absolute Gasteiger partial charge is 0.344 e. The average Bonchev–Trinajstić information content (AvgIpc) is 3.21. The van der Waals surface area contributed by atoms with Gasteiger partial charge >= 0.3 is 11.4 Å². The lowest BCUT2D eigenvalue weighted by molar-refractivity contribution is -0.387. The minimum atomic E-state index is -0.842. The Morgan fingerprint density at radius 2 is 2.29 bits per heavy atom. The van der Waals surface area contributed by atoms with E-state index < -0.39 is 16.4 Å². The highest BCUT2D eigenvalue weighted by Gasteiger charge is 2.28. The van der Waals surface area contributed by atoms with Crippen LogP contribution in [0.15, 0.2) is 28.2 Å². The zero-order valence-electron chi connectivity index (χ0n) is 10.8. The van der Waals surface area contributed by atoms with Gasteiger partial charge in [-0.05, 0) is 12.8 Å². The van der Waals surface area contributed by atoms with Crippen LogP contribution < -0.4 is 5.69 Å². The smallest absolute Gasteiger partial charge is 0.267 e. The Labute approximate surface area is 122 Å². The number of thioether (sulfide) groups is 1. The highest BCUT2D eigenvalue weighted by molar-refractivity contribution is 7.98. The number of nitro benzene ring substituents is 1. The molecule has 2 aromatic rings. The average molecular weight is 310 g/mol. The predicted molar refractivity (Wildman–Crippen MR) is 73.7 cm³/mol. The number of halogens is 1. The quantitative estimate of drug-likeness (QED) is 0.519. The first-order valence-electron chi connectivity index (χ1n) is 6.29. The molecular weight excluding hydrogens is 299 g/mol. The summed E-state index contributed by atoms with van der Waals surface area (Å²) in [4.78, 5) is 21.6. The predicted octanol–water partition coefficient (Wildman–Crippen LogP) is 2.25. The number of hydrogen-bond donors (Lipinski definition) is 1.